The lowest BCUT2D eigenvalue weighted by molar-refractivity contribution is 0.977. The maximum Gasteiger partial charge on any atom is 0.132 e. The Labute approximate surface area is 58.5 Å². The molecule has 0 atom stereocenters. The van der Waals surface area contributed by atoms with Crippen molar-refractivity contribution in [3.8, 4) is 0 Å². The zero-order valence-electron chi connectivity index (χ0n) is 5.53. The maximum atomic E-state index is 3.74. The van der Waals surface area contributed by atoms with E-state index in [-0.39, 0.29) is 0 Å². The molecule has 1 heterocycles. The van der Waals surface area contributed by atoms with E-state index in [4.69, 9.17) is 0 Å². The van der Waals surface area contributed by atoms with Crippen LogP contribution in [0.1, 0.15) is 6.92 Å². The highest BCUT2D eigenvalue weighted by atomic mass is 32.1. The third-order valence-electron chi connectivity index (χ3n) is 1.20. The Hall–Kier alpha value is -0.640. The van der Waals surface area contributed by atoms with Gasteiger partial charge in [0, 0.05) is 25.1 Å². The smallest absolute Gasteiger partial charge is 0.132 e. The largest absolute Gasteiger partial charge is 0.364 e. The van der Waals surface area contributed by atoms with Gasteiger partial charge in [-0.05, 0) is 6.92 Å². The summed E-state index contributed by atoms with van der Waals surface area (Å²) in [6, 6.07) is 0. The summed E-state index contributed by atoms with van der Waals surface area (Å²) < 4.78 is 3.74. The van der Waals surface area contributed by atoms with Crippen molar-refractivity contribution in [3.05, 3.63) is 6.20 Å². The van der Waals surface area contributed by atoms with Gasteiger partial charge in [0.25, 0.3) is 0 Å². The Bertz CT molecular complexity index is 161. The Morgan fingerprint density at radius 1 is 1.78 bits per heavy atom. The Morgan fingerprint density at radius 3 is 3.00 bits per heavy atom. The summed E-state index contributed by atoms with van der Waals surface area (Å²) in [5.41, 5.74) is 0. The van der Waals surface area contributed by atoms with Gasteiger partial charge in [-0.15, -0.1) is 5.10 Å². The highest BCUT2D eigenvalue weighted by Gasteiger charge is 1.97. The van der Waals surface area contributed by atoms with E-state index in [0.717, 1.165) is 11.5 Å². The summed E-state index contributed by atoms with van der Waals surface area (Å²) in [6.07, 6.45) is 1.77. The van der Waals surface area contributed by atoms with Crippen LogP contribution in [-0.4, -0.2) is 23.2 Å². The van der Waals surface area contributed by atoms with Gasteiger partial charge in [0.15, 0.2) is 0 Å². The third-order valence-corrected chi connectivity index (χ3v) is 1.98. The first-order chi connectivity index (χ1) is 4.34. The molecule has 4 heteroatoms. The predicted octanol–water partition coefficient (Wildman–Crippen LogP) is 0.994. The number of rotatable bonds is 2. The van der Waals surface area contributed by atoms with E-state index >= 15 is 0 Å². The molecule has 0 radical (unpaired) electrons. The zero-order chi connectivity index (χ0) is 6.69. The van der Waals surface area contributed by atoms with E-state index in [0.29, 0.717) is 0 Å². The molecule has 0 N–H and O–H groups in total. The van der Waals surface area contributed by atoms with Crippen LogP contribution in [0.25, 0.3) is 0 Å². The van der Waals surface area contributed by atoms with E-state index < -0.39 is 0 Å². The fourth-order valence-electron chi connectivity index (χ4n) is 0.486. The number of hydrogen-bond acceptors (Lipinski definition) is 4. The lowest BCUT2D eigenvalue weighted by Crippen LogP contribution is -2.13. The van der Waals surface area contributed by atoms with Crippen LogP contribution in [0.5, 0.6) is 0 Å². The van der Waals surface area contributed by atoms with Crippen LogP contribution >= 0.6 is 11.5 Å². The second kappa shape index (κ2) is 2.77. The first-order valence-corrected chi connectivity index (χ1v) is 3.60. The molecular formula is C5H9N3S. The second-order valence-electron chi connectivity index (χ2n) is 1.77. The molecule has 0 aliphatic rings. The van der Waals surface area contributed by atoms with Gasteiger partial charge in [0.2, 0.25) is 0 Å². The third kappa shape index (κ3) is 1.38. The number of anilines is 1. The number of nitrogens with zero attached hydrogens (tertiary/aromatic N) is 3. The molecule has 0 spiro atoms. The molecule has 50 valence electrons. The Balaban J connectivity index is 2.65. The second-order valence-corrected chi connectivity index (χ2v) is 2.53. The van der Waals surface area contributed by atoms with E-state index in [2.05, 4.69) is 21.4 Å². The van der Waals surface area contributed by atoms with E-state index in [9.17, 15) is 0 Å². The zero-order valence-corrected chi connectivity index (χ0v) is 6.35. The van der Waals surface area contributed by atoms with Crippen molar-refractivity contribution in [2.75, 3.05) is 18.5 Å². The molecule has 0 saturated heterocycles. The van der Waals surface area contributed by atoms with Crippen LogP contribution in [0.3, 0.4) is 0 Å². The van der Waals surface area contributed by atoms with Crippen LogP contribution in [0.4, 0.5) is 5.00 Å². The molecule has 0 aromatic carbocycles. The summed E-state index contributed by atoms with van der Waals surface area (Å²) in [4.78, 5) is 2.10. The van der Waals surface area contributed by atoms with Crippen molar-refractivity contribution in [1.29, 1.82) is 0 Å². The van der Waals surface area contributed by atoms with Crippen molar-refractivity contribution < 1.29 is 0 Å². The molecule has 1 rings (SSSR count). The molecule has 0 fully saturated rings. The molecule has 3 nitrogen and oxygen atoms in total. The average molecular weight is 143 g/mol. The van der Waals surface area contributed by atoms with Gasteiger partial charge in [-0.2, -0.15) is 0 Å². The van der Waals surface area contributed by atoms with E-state index in [1.165, 1.54) is 11.5 Å². The summed E-state index contributed by atoms with van der Waals surface area (Å²) in [6.45, 7) is 3.10. The minimum atomic E-state index is 1.00. The molecule has 9 heavy (non-hydrogen) atoms. The van der Waals surface area contributed by atoms with Crippen molar-refractivity contribution in [2.24, 2.45) is 0 Å². The van der Waals surface area contributed by atoms with Crippen molar-refractivity contribution in [1.82, 2.24) is 9.59 Å². The molecule has 0 aliphatic heterocycles. The fourth-order valence-corrected chi connectivity index (χ4v) is 1.03. The Morgan fingerprint density at radius 2 is 2.56 bits per heavy atom. The normalized spacial score (nSPS) is 9.56. The summed E-state index contributed by atoms with van der Waals surface area (Å²) >= 11 is 1.42. The first kappa shape index (κ1) is 6.48. The lowest BCUT2D eigenvalue weighted by Gasteiger charge is -2.10. The topological polar surface area (TPSA) is 29.0 Å². The SMILES string of the molecule is CCN(C)c1cnns1. The van der Waals surface area contributed by atoms with Crippen LogP contribution in [0.2, 0.25) is 0 Å². The predicted molar refractivity (Wildman–Crippen MR) is 38.9 cm³/mol. The first-order valence-electron chi connectivity index (χ1n) is 2.83. The van der Waals surface area contributed by atoms with Crippen LogP contribution in [0, 0.1) is 0 Å². The molecule has 1 aromatic rings. The van der Waals surface area contributed by atoms with Crippen molar-refractivity contribution in [2.45, 2.75) is 6.92 Å². The van der Waals surface area contributed by atoms with Gasteiger partial charge in [0.05, 0.1) is 6.20 Å². The van der Waals surface area contributed by atoms with Gasteiger partial charge < -0.3 is 4.90 Å². The van der Waals surface area contributed by atoms with Crippen molar-refractivity contribution >= 4 is 16.5 Å². The minimum absolute atomic E-state index is 1.00. The van der Waals surface area contributed by atoms with Gasteiger partial charge >= 0.3 is 0 Å². The summed E-state index contributed by atoms with van der Waals surface area (Å²) in [5.74, 6) is 0. The van der Waals surface area contributed by atoms with Crippen molar-refractivity contribution in [3.63, 3.8) is 0 Å². The fraction of sp³-hybridized carbons (Fsp3) is 0.600. The molecule has 0 aliphatic carbocycles. The molecule has 0 amide bonds. The number of aromatic nitrogens is 2. The molecule has 0 bridgehead atoms. The molecular weight excluding hydrogens is 134 g/mol. The van der Waals surface area contributed by atoms with Crippen LogP contribution in [0.15, 0.2) is 6.20 Å². The van der Waals surface area contributed by atoms with Gasteiger partial charge in [-0.3, -0.25) is 0 Å². The summed E-state index contributed by atoms with van der Waals surface area (Å²) in [5, 5.41) is 4.84. The maximum absolute atomic E-state index is 3.74. The highest BCUT2D eigenvalue weighted by molar-refractivity contribution is 7.09. The lowest BCUT2D eigenvalue weighted by atomic mass is 10.6. The quantitative estimate of drug-likeness (QED) is 0.618. The number of hydrogen-bond donors (Lipinski definition) is 0. The monoisotopic (exact) mass is 143 g/mol. The van der Waals surface area contributed by atoms with Crippen LogP contribution < -0.4 is 4.90 Å². The Kier molecular flexibility index (Phi) is 2.00. The van der Waals surface area contributed by atoms with E-state index in [1.807, 2.05) is 7.05 Å². The molecule has 0 saturated carbocycles. The molecule has 1 aromatic heterocycles. The molecule has 0 unspecified atom stereocenters. The van der Waals surface area contributed by atoms with Gasteiger partial charge in [-0.25, -0.2) is 0 Å². The van der Waals surface area contributed by atoms with Gasteiger partial charge in [-0.1, -0.05) is 4.49 Å². The highest BCUT2D eigenvalue weighted by Crippen LogP contribution is 2.13. The van der Waals surface area contributed by atoms with Gasteiger partial charge in [0.1, 0.15) is 5.00 Å². The minimum Gasteiger partial charge on any atom is -0.364 e. The summed E-state index contributed by atoms with van der Waals surface area (Å²) in [7, 11) is 2.02. The average Bonchev–Trinajstić information content (AvgIpc) is 2.37. The van der Waals surface area contributed by atoms with Crippen LogP contribution in [-0.2, 0) is 0 Å². The standard InChI is InChI=1S/C5H9N3S/c1-3-8(2)5-4-6-7-9-5/h4H,3H2,1-2H3. The van der Waals surface area contributed by atoms with E-state index in [1.54, 1.807) is 6.20 Å².